The largest absolute Gasteiger partial charge is 0.420 e. The summed E-state index contributed by atoms with van der Waals surface area (Å²) in [6.07, 6.45) is 1.21. The van der Waals surface area contributed by atoms with Crippen LogP contribution < -0.4 is 5.32 Å². The first kappa shape index (κ1) is 13.1. The van der Waals surface area contributed by atoms with Gasteiger partial charge in [0, 0.05) is 20.8 Å². The highest BCUT2D eigenvalue weighted by Crippen LogP contribution is 2.11. The molecule has 0 saturated heterocycles. The molecular weight excluding hydrogens is 182 g/mol. The summed E-state index contributed by atoms with van der Waals surface area (Å²) < 4.78 is 10.4. The molecule has 0 saturated carbocycles. The SMILES string of the molecule is COCCNCCC[Si](C)(C)OC. The standard InChI is InChI=1S/C9H23NO2Si/c1-11-8-7-10-6-5-9-13(3,4)12-2/h10H,5-9H2,1-4H3. The van der Waals surface area contributed by atoms with Gasteiger partial charge in [-0.25, -0.2) is 0 Å². The molecule has 13 heavy (non-hydrogen) atoms. The fourth-order valence-corrected chi connectivity index (χ4v) is 2.27. The molecule has 0 aliphatic heterocycles. The van der Waals surface area contributed by atoms with Crippen molar-refractivity contribution in [3.8, 4) is 0 Å². The number of rotatable bonds is 8. The van der Waals surface area contributed by atoms with Crippen LogP contribution in [0.4, 0.5) is 0 Å². The number of methoxy groups -OCH3 is 1. The van der Waals surface area contributed by atoms with Gasteiger partial charge < -0.3 is 14.5 Å². The predicted octanol–water partition coefficient (Wildman–Crippen LogP) is 1.46. The predicted molar refractivity (Wildman–Crippen MR) is 58.7 cm³/mol. The third kappa shape index (κ3) is 8.43. The maximum Gasteiger partial charge on any atom is 0.186 e. The van der Waals surface area contributed by atoms with Gasteiger partial charge in [-0.2, -0.15) is 0 Å². The van der Waals surface area contributed by atoms with Crippen molar-refractivity contribution < 1.29 is 9.16 Å². The Morgan fingerprint density at radius 3 is 2.38 bits per heavy atom. The Hall–Kier alpha value is 0.0969. The second-order valence-corrected chi connectivity index (χ2v) is 8.24. The molecule has 0 aromatic rings. The number of hydrogen-bond donors (Lipinski definition) is 1. The van der Waals surface area contributed by atoms with Gasteiger partial charge in [-0.1, -0.05) is 0 Å². The normalized spacial score (nSPS) is 12.0. The van der Waals surface area contributed by atoms with Gasteiger partial charge in [0.25, 0.3) is 0 Å². The monoisotopic (exact) mass is 205 g/mol. The highest BCUT2D eigenvalue weighted by atomic mass is 28.4. The van der Waals surface area contributed by atoms with Crippen molar-refractivity contribution in [3.63, 3.8) is 0 Å². The third-order valence-corrected chi connectivity index (χ3v) is 4.83. The van der Waals surface area contributed by atoms with Crippen LogP contribution in [0, 0.1) is 0 Å². The molecule has 0 bridgehead atoms. The van der Waals surface area contributed by atoms with Gasteiger partial charge in [0.2, 0.25) is 0 Å². The second-order valence-electron chi connectivity index (χ2n) is 3.81. The molecule has 0 amide bonds. The zero-order valence-corrected chi connectivity index (χ0v) is 10.4. The molecule has 0 aromatic heterocycles. The highest BCUT2D eigenvalue weighted by molar-refractivity contribution is 6.71. The molecule has 0 aromatic carbocycles. The summed E-state index contributed by atoms with van der Waals surface area (Å²) in [5.74, 6) is 0. The van der Waals surface area contributed by atoms with Crippen LogP contribution in [0.1, 0.15) is 6.42 Å². The van der Waals surface area contributed by atoms with Gasteiger partial charge in [-0.05, 0) is 32.1 Å². The number of ether oxygens (including phenoxy) is 1. The first-order valence-electron chi connectivity index (χ1n) is 4.87. The maximum atomic E-state index is 5.45. The molecule has 1 N–H and O–H groups in total. The molecule has 0 radical (unpaired) electrons. The Balaban J connectivity index is 3.16. The summed E-state index contributed by atoms with van der Waals surface area (Å²) in [4.78, 5) is 0. The zero-order chi connectivity index (χ0) is 10.2. The van der Waals surface area contributed by atoms with Crippen molar-refractivity contribution >= 4 is 8.32 Å². The molecular formula is C9H23NO2Si. The van der Waals surface area contributed by atoms with Crippen LogP contribution in [0.3, 0.4) is 0 Å². The van der Waals surface area contributed by atoms with E-state index in [-0.39, 0.29) is 0 Å². The van der Waals surface area contributed by atoms with Crippen molar-refractivity contribution in [2.75, 3.05) is 33.9 Å². The number of hydrogen-bond acceptors (Lipinski definition) is 3. The topological polar surface area (TPSA) is 30.5 Å². The van der Waals surface area contributed by atoms with Crippen molar-refractivity contribution in [2.24, 2.45) is 0 Å². The Morgan fingerprint density at radius 2 is 1.85 bits per heavy atom. The van der Waals surface area contributed by atoms with E-state index < -0.39 is 8.32 Å². The smallest absolute Gasteiger partial charge is 0.186 e. The molecule has 0 atom stereocenters. The summed E-state index contributed by atoms with van der Waals surface area (Å²) in [6, 6.07) is 1.23. The van der Waals surface area contributed by atoms with Gasteiger partial charge in [0.05, 0.1) is 6.61 Å². The fourth-order valence-electron chi connectivity index (χ4n) is 1.04. The maximum absolute atomic E-state index is 5.45. The van der Waals surface area contributed by atoms with Gasteiger partial charge in [-0.15, -0.1) is 0 Å². The summed E-state index contributed by atoms with van der Waals surface area (Å²) >= 11 is 0. The minimum atomic E-state index is -1.32. The summed E-state index contributed by atoms with van der Waals surface area (Å²) in [5, 5.41) is 3.32. The van der Waals surface area contributed by atoms with Gasteiger partial charge in [-0.3, -0.25) is 0 Å². The van der Waals surface area contributed by atoms with E-state index in [1.54, 1.807) is 7.11 Å². The van der Waals surface area contributed by atoms with Crippen LogP contribution >= 0.6 is 0 Å². The quantitative estimate of drug-likeness (QED) is 0.481. The van der Waals surface area contributed by atoms with Gasteiger partial charge in [0.1, 0.15) is 0 Å². The molecule has 0 spiro atoms. The highest BCUT2D eigenvalue weighted by Gasteiger charge is 2.18. The van der Waals surface area contributed by atoms with Crippen LogP contribution in [0.25, 0.3) is 0 Å². The molecule has 0 aliphatic carbocycles. The lowest BCUT2D eigenvalue weighted by Gasteiger charge is -2.19. The molecule has 0 heterocycles. The average Bonchev–Trinajstić information content (AvgIpc) is 2.11. The molecule has 0 aliphatic rings. The lowest BCUT2D eigenvalue weighted by molar-refractivity contribution is 0.199. The van der Waals surface area contributed by atoms with Crippen LogP contribution in [0.2, 0.25) is 19.1 Å². The van der Waals surface area contributed by atoms with Crippen molar-refractivity contribution in [2.45, 2.75) is 25.6 Å². The third-order valence-electron chi connectivity index (χ3n) is 2.17. The Kier molecular flexibility index (Phi) is 7.55. The van der Waals surface area contributed by atoms with Crippen LogP contribution in [-0.4, -0.2) is 42.2 Å². The zero-order valence-electron chi connectivity index (χ0n) is 9.35. The summed E-state index contributed by atoms with van der Waals surface area (Å²) in [6.45, 7) is 7.32. The molecule has 3 nitrogen and oxygen atoms in total. The Labute approximate surface area is 82.9 Å². The van der Waals surface area contributed by atoms with E-state index >= 15 is 0 Å². The first-order valence-corrected chi connectivity index (χ1v) is 7.99. The van der Waals surface area contributed by atoms with Gasteiger partial charge in [0.15, 0.2) is 8.32 Å². The lowest BCUT2D eigenvalue weighted by Crippen LogP contribution is -2.30. The van der Waals surface area contributed by atoms with E-state index in [2.05, 4.69) is 18.4 Å². The van der Waals surface area contributed by atoms with E-state index in [9.17, 15) is 0 Å². The molecule has 0 unspecified atom stereocenters. The molecule has 0 fully saturated rings. The molecule has 4 heteroatoms. The van der Waals surface area contributed by atoms with E-state index in [4.69, 9.17) is 9.16 Å². The van der Waals surface area contributed by atoms with E-state index in [0.717, 1.165) is 19.7 Å². The van der Waals surface area contributed by atoms with E-state index in [1.807, 2.05) is 7.11 Å². The fraction of sp³-hybridized carbons (Fsp3) is 1.00. The Bertz CT molecular complexity index is 120. The van der Waals surface area contributed by atoms with Gasteiger partial charge >= 0.3 is 0 Å². The molecule has 80 valence electrons. The first-order chi connectivity index (χ1) is 6.12. The summed E-state index contributed by atoms with van der Waals surface area (Å²) in [7, 11) is 2.23. The van der Waals surface area contributed by atoms with Crippen molar-refractivity contribution in [1.29, 1.82) is 0 Å². The molecule has 0 rings (SSSR count). The number of nitrogens with one attached hydrogen (secondary N) is 1. The Morgan fingerprint density at radius 1 is 1.15 bits per heavy atom. The van der Waals surface area contributed by atoms with E-state index in [1.165, 1.54) is 12.5 Å². The van der Waals surface area contributed by atoms with Crippen LogP contribution in [0.5, 0.6) is 0 Å². The average molecular weight is 205 g/mol. The summed E-state index contributed by atoms with van der Waals surface area (Å²) in [5.41, 5.74) is 0. The van der Waals surface area contributed by atoms with E-state index in [0.29, 0.717) is 0 Å². The van der Waals surface area contributed by atoms with Crippen LogP contribution in [0.15, 0.2) is 0 Å². The van der Waals surface area contributed by atoms with Crippen LogP contribution in [-0.2, 0) is 9.16 Å². The minimum absolute atomic E-state index is 0.797. The second kappa shape index (κ2) is 7.50. The minimum Gasteiger partial charge on any atom is -0.420 e. The van der Waals surface area contributed by atoms with Crippen molar-refractivity contribution in [3.05, 3.63) is 0 Å². The lowest BCUT2D eigenvalue weighted by atomic mass is 10.5. The van der Waals surface area contributed by atoms with Crippen molar-refractivity contribution in [1.82, 2.24) is 5.32 Å².